The van der Waals surface area contributed by atoms with Gasteiger partial charge in [-0.2, -0.15) is 0 Å². The predicted octanol–water partition coefficient (Wildman–Crippen LogP) is 2.58. The fourth-order valence-corrected chi connectivity index (χ4v) is 3.90. The van der Waals surface area contributed by atoms with E-state index in [1.165, 1.54) is 16.2 Å². The van der Waals surface area contributed by atoms with E-state index < -0.39 is 17.7 Å². The molecule has 0 aliphatic carbocycles. The normalized spacial score (nSPS) is 21.2. The third kappa shape index (κ3) is 2.75. The van der Waals surface area contributed by atoms with Gasteiger partial charge in [-0.3, -0.25) is 9.69 Å². The molecule has 7 nitrogen and oxygen atoms in total. The molecular weight excluding hydrogens is 374 g/mol. The fourth-order valence-electron chi connectivity index (χ4n) is 2.47. The largest absolute Gasteiger partial charge is 0.465 e. The summed E-state index contributed by atoms with van der Waals surface area (Å²) in [6.45, 7) is 4.02. The number of H-pyrrole nitrogens is 1. The monoisotopic (exact) mass is 387 g/mol. The van der Waals surface area contributed by atoms with Crippen LogP contribution in [0.4, 0.5) is 4.79 Å². The summed E-state index contributed by atoms with van der Waals surface area (Å²) >= 11 is 4.62. The molecule has 0 spiro atoms. The number of aromatic amines is 1. The van der Waals surface area contributed by atoms with Gasteiger partial charge < -0.3 is 14.8 Å². The molecule has 118 valence electrons. The van der Waals surface area contributed by atoms with Gasteiger partial charge >= 0.3 is 6.09 Å². The maximum Gasteiger partial charge on any atom is 0.408 e. The van der Waals surface area contributed by atoms with Gasteiger partial charge in [-0.05, 0) is 35.8 Å². The molecular formula is C13H14BrN3O4S. The molecule has 0 saturated carbocycles. The molecule has 0 aromatic carbocycles. The molecule has 1 unspecified atom stereocenters. The van der Waals surface area contributed by atoms with Crippen LogP contribution in [0.15, 0.2) is 14.6 Å². The van der Waals surface area contributed by atoms with E-state index in [4.69, 9.17) is 4.74 Å². The van der Waals surface area contributed by atoms with Gasteiger partial charge in [0.1, 0.15) is 16.6 Å². The summed E-state index contributed by atoms with van der Waals surface area (Å²) in [5.74, 6) is 0.306. The highest BCUT2D eigenvalue weighted by Gasteiger charge is 2.38. The van der Waals surface area contributed by atoms with E-state index in [9.17, 15) is 14.7 Å². The minimum atomic E-state index is -1.06. The number of carbonyl (C=O) groups is 1. The molecule has 9 heteroatoms. The molecule has 1 saturated heterocycles. The molecule has 22 heavy (non-hydrogen) atoms. The Balaban J connectivity index is 2.05. The van der Waals surface area contributed by atoms with Crippen molar-refractivity contribution in [3.63, 3.8) is 0 Å². The number of rotatable bonds is 1. The zero-order valence-electron chi connectivity index (χ0n) is 11.9. The Morgan fingerprint density at radius 3 is 3.05 bits per heavy atom. The Labute approximate surface area is 138 Å². The van der Waals surface area contributed by atoms with E-state index in [1.807, 2.05) is 13.8 Å². The second kappa shape index (κ2) is 5.32. The second-order valence-corrected chi connectivity index (χ2v) is 8.14. The summed E-state index contributed by atoms with van der Waals surface area (Å²) in [5, 5.41) is 9.43. The minimum absolute atomic E-state index is 0.152. The van der Waals surface area contributed by atoms with Crippen LogP contribution in [0, 0.1) is 0 Å². The van der Waals surface area contributed by atoms with Crippen LogP contribution >= 0.6 is 27.3 Å². The van der Waals surface area contributed by atoms with Crippen molar-refractivity contribution in [2.75, 3.05) is 13.2 Å². The SMILES string of the molecule is CC1(C)CN(C(=O)O)C(c2nc3cc(Br)sc3c(=O)[nH]2)CO1. The quantitative estimate of drug-likeness (QED) is 0.783. The number of hydrogen-bond donors (Lipinski definition) is 2. The first kappa shape index (κ1) is 15.4. The van der Waals surface area contributed by atoms with Gasteiger partial charge in [-0.25, -0.2) is 9.78 Å². The second-order valence-electron chi connectivity index (χ2n) is 5.71. The van der Waals surface area contributed by atoms with Crippen LogP contribution in [0.1, 0.15) is 25.7 Å². The average Bonchev–Trinajstić information content (AvgIpc) is 2.78. The Morgan fingerprint density at radius 1 is 1.64 bits per heavy atom. The molecule has 1 fully saturated rings. The number of ether oxygens (including phenoxy) is 1. The van der Waals surface area contributed by atoms with Crippen LogP contribution < -0.4 is 5.56 Å². The van der Waals surface area contributed by atoms with Gasteiger partial charge in [0.15, 0.2) is 0 Å². The van der Waals surface area contributed by atoms with Crippen LogP contribution in [0.2, 0.25) is 0 Å². The summed E-state index contributed by atoms with van der Waals surface area (Å²) in [7, 11) is 0. The molecule has 3 heterocycles. The molecule has 0 bridgehead atoms. The van der Waals surface area contributed by atoms with E-state index in [2.05, 4.69) is 25.9 Å². The number of aromatic nitrogens is 2. The molecule has 1 aliphatic heterocycles. The predicted molar refractivity (Wildman–Crippen MR) is 85.4 cm³/mol. The van der Waals surface area contributed by atoms with Gasteiger partial charge in [0.2, 0.25) is 0 Å². The number of nitrogens with one attached hydrogen (secondary N) is 1. The van der Waals surface area contributed by atoms with Crippen LogP contribution in [0.25, 0.3) is 10.2 Å². The lowest BCUT2D eigenvalue weighted by atomic mass is 10.0. The lowest BCUT2D eigenvalue weighted by Gasteiger charge is -2.41. The van der Waals surface area contributed by atoms with Crippen molar-refractivity contribution >= 4 is 43.6 Å². The van der Waals surface area contributed by atoms with Gasteiger partial charge in [0.25, 0.3) is 5.56 Å². The Hall–Kier alpha value is -1.45. The van der Waals surface area contributed by atoms with Crippen molar-refractivity contribution in [1.29, 1.82) is 0 Å². The minimum Gasteiger partial charge on any atom is -0.465 e. The van der Waals surface area contributed by atoms with Crippen molar-refractivity contribution < 1.29 is 14.6 Å². The maximum absolute atomic E-state index is 12.1. The highest BCUT2D eigenvalue weighted by Crippen LogP contribution is 2.31. The van der Waals surface area contributed by atoms with E-state index in [0.717, 1.165) is 3.79 Å². The topological polar surface area (TPSA) is 95.5 Å². The number of carboxylic acid groups (broad SMARTS) is 1. The number of amides is 1. The van der Waals surface area contributed by atoms with Gasteiger partial charge in [-0.1, -0.05) is 0 Å². The molecule has 2 aromatic heterocycles. The Morgan fingerprint density at radius 2 is 2.36 bits per heavy atom. The zero-order valence-corrected chi connectivity index (χ0v) is 14.3. The fraction of sp³-hybridized carbons (Fsp3) is 0.462. The lowest BCUT2D eigenvalue weighted by molar-refractivity contribution is -0.107. The Kier molecular flexibility index (Phi) is 3.74. The van der Waals surface area contributed by atoms with Gasteiger partial charge in [0, 0.05) is 0 Å². The zero-order chi connectivity index (χ0) is 16.1. The first-order valence-electron chi connectivity index (χ1n) is 6.59. The number of halogens is 1. The average molecular weight is 388 g/mol. The molecule has 1 aliphatic rings. The molecule has 2 aromatic rings. The smallest absolute Gasteiger partial charge is 0.408 e. The molecule has 1 atom stereocenters. The van der Waals surface area contributed by atoms with Crippen molar-refractivity contribution in [2.24, 2.45) is 0 Å². The highest BCUT2D eigenvalue weighted by molar-refractivity contribution is 9.11. The van der Waals surface area contributed by atoms with E-state index >= 15 is 0 Å². The van der Waals surface area contributed by atoms with E-state index in [-0.39, 0.29) is 18.7 Å². The third-order valence-electron chi connectivity index (χ3n) is 3.49. The van der Waals surface area contributed by atoms with E-state index in [1.54, 1.807) is 6.07 Å². The summed E-state index contributed by atoms with van der Waals surface area (Å²) in [5.41, 5.74) is -0.290. The maximum atomic E-state index is 12.1. The van der Waals surface area contributed by atoms with Crippen LogP contribution in [0.5, 0.6) is 0 Å². The summed E-state index contributed by atoms with van der Waals surface area (Å²) in [4.78, 5) is 32.0. The number of nitrogens with zero attached hydrogens (tertiary/aromatic N) is 2. The molecule has 0 radical (unpaired) electrons. The summed E-state index contributed by atoms with van der Waals surface area (Å²) in [6, 6.07) is 1.12. The number of hydrogen-bond acceptors (Lipinski definition) is 5. The van der Waals surface area contributed by atoms with Crippen LogP contribution in [-0.2, 0) is 4.74 Å². The lowest BCUT2D eigenvalue weighted by Crippen LogP contribution is -2.52. The summed E-state index contributed by atoms with van der Waals surface area (Å²) in [6.07, 6.45) is -1.06. The van der Waals surface area contributed by atoms with Crippen molar-refractivity contribution in [2.45, 2.75) is 25.5 Å². The standard InChI is InChI=1S/C13H14BrN3O4S/c1-13(2)5-17(12(19)20)7(4-21-13)10-15-6-3-8(14)22-9(6)11(18)16-10/h3,7H,4-5H2,1-2H3,(H,19,20)(H,15,16,18). The van der Waals surface area contributed by atoms with Crippen molar-refractivity contribution in [1.82, 2.24) is 14.9 Å². The van der Waals surface area contributed by atoms with Crippen LogP contribution in [0.3, 0.4) is 0 Å². The van der Waals surface area contributed by atoms with E-state index in [0.29, 0.717) is 16.0 Å². The number of thiophene rings is 1. The first-order valence-corrected chi connectivity index (χ1v) is 8.20. The molecule has 2 N–H and O–H groups in total. The summed E-state index contributed by atoms with van der Waals surface area (Å²) < 4.78 is 7.00. The number of fused-ring (bicyclic) bond motifs is 1. The number of morpholine rings is 1. The molecule has 3 rings (SSSR count). The molecule has 1 amide bonds. The van der Waals surface area contributed by atoms with Crippen LogP contribution in [-0.4, -0.2) is 44.8 Å². The third-order valence-corrected chi connectivity index (χ3v) is 5.12. The van der Waals surface area contributed by atoms with Crippen molar-refractivity contribution in [3.05, 3.63) is 26.0 Å². The Bertz CT molecular complexity index is 800. The van der Waals surface area contributed by atoms with Crippen molar-refractivity contribution in [3.8, 4) is 0 Å². The van der Waals surface area contributed by atoms with Gasteiger partial charge in [0.05, 0.1) is 28.1 Å². The highest BCUT2D eigenvalue weighted by atomic mass is 79.9. The van der Waals surface area contributed by atoms with Gasteiger partial charge in [-0.15, -0.1) is 11.3 Å². The first-order chi connectivity index (χ1) is 10.3.